The molecule has 5 nitrogen and oxygen atoms in total. The molecule has 1 aliphatic rings. The number of rotatable bonds is 2. The highest BCUT2D eigenvalue weighted by Crippen LogP contribution is 2.28. The summed E-state index contributed by atoms with van der Waals surface area (Å²) in [6.07, 6.45) is 1.62. The first-order valence-electron chi connectivity index (χ1n) is 6.69. The third-order valence-electron chi connectivity index (χ3n) is 3.39. The third kappa shape index (κ3) is 3.81. The quantitative estimate of drug-likeness (QED) is 0.890. The van der Waals surface area contributed by atoms with Gasteiger partial charge in [-0.05, 0) is 26.0 Å². The van der Waals surface area contributed by atoms with Gasteiger partial charge in [0, 0.05) is 30.6 Å². The maximum Gasteiger partial charge on any atom is 0.273 e. The van der Waals surface area contributed by atoms with Crippen molar-refractivity contribution in [3.8, 4) is 10.8 Å². The van der Waals surface area contributed by atoms with E-state index in [9.17, 15) is 4.79 Å². The van der Waals surface area contributed by atoms with Gasteiger partial charge in [0.25, 0.3) is 5.91 Å². The van der Waals surface area contributed by atoms with Crippen LogP contribution in [0.25, 0.3) is 10.8 Å². The number of thiazole rings is 1. The summed E-state index contributed by atoms with van der Waals surface area (Å²) in [7, 11) is 0. The van der Waals surface area contributed by atoms with Gasteiger partial charge in [0.15, 0.2) is 10.8 Å². The molecule has 0 radical (unpaired) electrons. The molecule has 0 spiro atoms. The molecule has 1 N–H and O–H groups in total. The van der Waals surface area contributed by atoms with Crippen molar-refractivity contribution in [2.75, 3.05) is 19.6 Å². The van der Waals surface area contributed by atoms with E-state index in [1.165, 1.54) is 11.3 Å². The molecule has 2 aromatic rings. The van der Waals surface area contributed by atoms with Crippen LogP contribution in [0, 0.1) is 6.92 Å². The van der Waals surface area contributed by atoms with Crippen LogP contribution in [0.5, 0.6) is 0 Å². The SMILES string of the molecule is Cc1sc(-c2ccco2)nc1C(=O)N1CCNC(C)C1.Cl.Cl. The third-order valence-corrected chi connectivity index (χ3v) is 4.37. The van der Waals surface area contributed by atoms with Gasteiger partial charge in [0.1, 0.15) is 5.69 Å². The summed E-state index contributed by atoms with van der Waals surface area (Å²) >= 11 is 1.50. The lowest BCUT2D eigenvalue weighted by molar-refractivity contribution is 0.0703. The first-order valence-corrected chi connectivity index (χ1v) is 7.51. The van der Waals surface area contributed by atoms with Crippen LogP contribution in [0.15, 0.2) is 22.8 Å². The first-order chi connectivity index (χ1) is 9.65. The van der Waals surface area contributed by atoms with Crippen molar-refractivity contribution in [1.82, 2.24) is 15.2 Å². The van der Waals surface area contributed by atoms with Crippen LogP contribution in [0.3, 0.4) is 0 Å². The number of aryl methyl sites for hydroxylation is 1. The van der Waals surface area contributed by atoms with E-state index in [-0.39, 0.29) is 30.7 Å². The van der Waals surface area contributed by atoms with Gasteiger partial charge >= 0.3 is 0 Å². The number of nitrogens with one attached hydrogen (secondary N) is 1. The minimum atomic E-state index is 0. The molecule has 2 aromatic heterocycles. The lowest BCUT2D eigenvalue weighted by Crippen LogP contribution is -2.51. The highest BCUT2D eigenvalue weighted by atomic mass is 35.5. The van der Waals surface area contributed by atoms with Crippen molar-refractivity contribution in [3.05, 3.63) is 29.0 Å². The number of furan rings is 1. The summed E-state index contributed by atoms with van der Waals surface area (Å²) in [5.74, 6) is 0.732. The van der Waals surface area contributed by atoms with Crippen molar-refractivity contribution in [2.45, 2.75) is 19.9 Å². The lowest BCUT2D eigenvalue weighted by atomic mass is 10.2. The topological polar surface area (TPSA) is 58.4 Å². The number of halogens is 2. The molecule has 1 aliphatic heterocycles. The predicted octanol–water partition coefficient (Wildman–Crippen LogP) is 2.99. The van der Waals surface area contributed by atoms with Crippen LogP contribution >= 0.6 is 36.2 Å². The molecule has 1 unspecified atom stereocenters. The largest absolute Gasteiger partial charge is 0.462 e. The second-order valence-electron chi connectivity index (χ2n) is 5.01. The highest BCUT2D eigenvalue weighted by molar-refractivity contribution is 7.15. The van der Waals surface area contributed by atoms with E-state index in [0.29, 0.717) is 17.5 Å². The molecule has 0 aliphatic carbocycles. The minimum Gasteiger partial charge on any atom is -0.462 e. The summed E-state index contributed by atoms with van der Waals surface area (Å²) in [6, 6.07) is 4.02. The fourth-order valence-electron chi connectivity index (χ4n) is 2.37. The van der Waals surface area contributed by atoms with Crippen LogP contribution < -0.4 is 5.32 Å². The van der Waals surface area contributed by atoms with Gasteiger partial charge < -0.3 is 14.6 Å². The van der Waals surface area contributed by atoms with Crippen molar-refractivity contribution < 1.29 is 9.21 Å². The Kier molecular flexibility index (Phi) is 6.87. The Labute approximate surface area is 145 Å². The Hall–Kier alpha value is -1.08. The van der Waals surface area contributed by atoms with Crippen molar-refractivity contribution in [1.29, 1.82) is 0 Å². The van der Waals surface area contributed by atoms with Gasteiger partial charge in [0.2, 0.25) is 0 Å². The van der Waals surface area contributed by atoms with Crippen molar-refractivity contribution in [2.24, 2.45) is 0 Å². The maximum atomic E-state index is 12.6. The van der Waals surface area contributed by atoms with Gasteiger partial charge in [-0.1, -0.05) is 0 Å². The smallest absolute Gasteiger partial charge is 0.273 e. The van der Waals surface area contributed by atoms with E-state index in [0.717, 1.165) is 29.5 Å². The Morgan fingerprint density at radius 3 is 2.91 bits per heavy atom. The van der Waals surface area contributed by atoms with Crippen LogP contribution in [-0.2, 0) is 0 Å². The zero-order valence-electron chi connectivity index (χ0n) is 12.4. The van der Waals surface area contributed by atoms with E-state index in [2.05, 4.69) is 17.2 Å². The molecule has 3 heterocycles. The van der Waals surface area contributed by atoms with E-state index in [4.69, 9.17) is 4.42 Å². The molecular weight excluding hydrogens is 345 g/mol. The molecule has 22 heavy (non-hydrogen) atoms. The monoisotopic (exact) mass is 363 g/mol. The number of hydrogen-bond donors (Lipinski definition) is 1. The lowest BCUT2D eigenvalue weighted by Gasteiger charge is -2.31. The molecule has 1 saturated heterocycles. The second kappa shape index (κ2) is 7.97. The molecule has 1 atom stereocenters. The molecule has 1 fully saturated rings. The number of carbonyl (C=O) groups is 1. The first kappa shape index (κ1) is 19.0. The van der Waals surface area contributed by atoms with E-state index < -0.39 is 0 Å². The number of nitrogens with zero attached hydrogens (tertiary/aromatic N) is 2. The number of carbonyl (C=O) groups excluding carboxylic acids is 1. The molecule has 122 valence electrons. The van der Waals surface area contributed by atoms with E-state index in [1.807, 2.05) is 24.0 Å². The van der Waals surface area contributed by atoms with Crippen LogP contribution in [0.4, 0.5) is 0 Å². The zero-order valence-corrected chi connectivity index (χ0v) is 14.8. The Balaban J connectivity index is 0.00000121. The predicted molar refractivity (Wildman–Crippen MR) is 92.4 cm³/mol. The second-order valence-corrected chi connectivity index (χ2v) is 6.21. The van der Waals surface area contributed by atoms with Gasteiger partial charge in [-0.2, -0.15) is 0 Å². The van der Waals surface area contributed by atoms with Gasteiger partial charge in [-0.15, -0.1) is 36.2 Å². The van der Waals surface area contributed by atoms with Crippen molar-refractivity contribution in [3.63, 3.8) is 0 Å². The normalized spacial score (nSPS) is 17.5. The Bertz CT molecular complexity index is 616. The zero-order chi connectivity index (χ0) is 14.1. The fraction of sp³-hybridized carbons (Fsp3) is 0.429. The van der Waals surface area contributed by atoms with Crippen LogP contribution in [0.2, 0.25) is 0 Å². The average Bonchev–Trinajstić information content (AvgIpc) is 3.07. The van der Waals surface area contributed by atoms with Gasteiger partial charge in [-0.3, -0.25) is 4.79 Å². The summed E-state index contributed by atoms with van der Waals surface area (Å²) < 4.78 is 5.34. The summed E-state index contributed by atoms with van der Waals surface area (Å²) in [4.78, 5) is 19.8. The molecule has 0 saturated carbocycles. The summed E-state index contributed by atoms with van der Waals surface area (Å²) in [5.41, 5.74) is 0.551. The molecule has 0 aromatic carbocycles. The highest BCUT2D eigenvalue weighted by Gasteiger charge is 2.25. The van der Waals surface area contributed by atoms with Gasteiger partial charge in [-0.25, -0.2) is 4.98 Å². The Morgan fingerprint density at radius 1 is 1.50 bits per heavy atom. The van der Waals surface area contributed by atoms with Crippen molar-refractivity contribution >= 4 is 42.1 Å². The Morgan fingerprint density at radius 2 is 2.27 bits per heavy atom. The maximum absolute atomic E-state index is 12.6. The summed E-state index contributed by atoms with van der Waals surface area (Å²) in [6.45, 7) is 6.31. The van der Waals surface area contributed by atoms with Gasteiger partial charge in [0.05, 0.1) is 6.26 Å². The van der Waals surface area contributed by atoms with Crippen LogP contribution in [-0.4, -0.2) is 41.5 Å². The number of piperazine rings is 1. The summed E-state index contributed by atoms with van der Waals surface area (Å²) in [5, 5.41) is 4.10. The number of hydrogen-bond acceptors (Lipinski definition) is 5. The number of aromatic nitrogens is 1. The molecule has 1 amide bonds. The molecule has 8 heteroatoms. The average molecular weight is 364 g/mol. The molecule has 3 rings (SSSR count). The molecular formula is C14H19Cl2N3O2S. The number of amides is 1. The van der Waals surface area contributed by atoms with Crippen LogP contribution in [0.1, 0.15) is 22.3 Å². The molecule has 0 bridgehead atoms. The van der Waals surface area contributed by atoms with E-state index in [1.54, 1.807) is 6.26 Å². The van der Waals surface area contributed by atoms with E-state index >= 15 is 0 Å². The standard InChI is InChI=1S/C14H17N3O2S.2ClH/c1-9-8-17(6-5-15-9)14(18)12-10(2)20-13(16-12)11-4-3-7-19-11;;/h3-4,7,9,15H,5-6,8H2,1-2H3;2*1H. The fourth-order valence-corrected chi connectivity index (χ4v) is 3.24. The minimum absolute atomic E-state index is 0.